The average Bonchev–Trinajstić information content (AvgIpc) is 2.75. The monoisotopic (exact) mass is 219 g/mol. The number of nitrogens with one attached hydrogen (secondary N) is 1. The molecule has 0 spiro atoms. The van der Waals surface area contributed by atoms with Crippen LogP contribution >= 0.6 is 0 Å². The van der Waals surface area contributed by atoms with E-state index in [2.05, 4.69) is 17.1 Å². The predicted octanol–water partition coefficient (Wildman–Crippen LogP) is 2.17. The third kappa shape index (κ3) is 2.47. The topological polar surface area (TPSA) is 41.3 Å². The second kappa shape index (κ2) is 5.21. The fourth-order valence-corrected chi connectivity index (χ4v) is 2.43. The highest BCUT2D eigenvalue weighted by molar-refractivity contribution is 5.65. The summed E-state index contributed by atoms with van der Waals surface area (Å²) in [6.45, 7) is 5.63. The van der Waals surface area contributed by atoms with Gasteiger partial charge in [-0.15, -0.1) is 0 Å². The van der Waals surface area contributed by atoms with Crippen LogP contribution in [0.15, 0.2) is 24.3 Å². The van der Waals surface area contributed by atoms with Gasteiger partial charge in [-0.05, 0) is 38.1 Å². The second-order valence-electron chi connectivity index (χ2n) is 4.39. The quantitative estimate of drug-likeness (QED) is 0.763. The number of nitrogens with two attached hydrogens (primary N) is 1. The first-order chi connectivity index (χ1) is 7.81. The number of anilines is 2. The molecule has 0 aliphatic carbocycles. The van der Waals surface area contributed by atoms with Gasteiger partial charge in [-0.2, -0.15) is 0 Å². The van der Waals surface area contributed by atoms with Crippen molar-refractivity contribution >= 4 is 11.4 Å². The van der Waals surface area contributed by atoms with Crippen LogP contribution in [0.1, 0.15) is 19.8 Å². The van der Waals surface area contributed by atoms with Gasteiger partial charge in [-0.25, -0.2) is 0 Å². The molecule has 0 amide bonds. The molecular formula is C13H21N3. The smallest absolute Gasteiger partial charge is 0.0574 e. The molecule has 1 aromatic carbocycles. The molecule has 0 aromatic heterocycles. The summed E-state index contributed by atoms with van der Waals surface area (Å²) >= 11 is 0. The molecule has 1 aliphatic heterocycles. The molecule has 0 bridgehead atoms. The number of likely N-dealkylation sites (N-methyl/N-ethyl adjacent to an activating group) is 1. The molecule has 88 valence electrons. The van der Waals surface area contributed by atoms with Gasteiger partial charge in [0.15, 0.2) is 0 Å². The van der Waals surface area contributed by atoms with Gasteiger partial charge in [0.2, 0.25) is 0 Å². The van der Waals surface area contributed by atoms with E-state index < -0.39 is 0 Å². The number of rotatable bonds is 4. The van der Waals surface area contributed by atoms with Crippen molar-refractivity contribution < 1.29 is 0 Å². The van der Waals surface area contributed by atoms with Crippen LogP contribution in [0.2, 0.25) is 0 Å². The van der Waals surface area contributed by atoms with Crippen molar-refractivity contribution in [1.29, 1.82) is 0 Å². The molecule has 0 radical (unpaired) electrons. The van der Waals surface area contributed by atoms with Crippen molar-refractivity contribution in [3.63, 3.8) is 0 Å². The summed E-state index contributed by atoms with van der Waals surface area (Å²) in [5, 5.41) is 3.45. The number of nitrogens with zero attached hydrogens (tertiary/aromatic N) is 1. The summed E-state index contributed by atoms with van der Waals surface area (Å²) in [4.78, 5) is 2.53. The molecular weight excluding hydrogens is 198 g/mol. The fourth-order valence-electron chi connectivity index (χ4n) is 2.43. The van der Waals surface area contributed by atoms with Gasteiger partial charge >= 0.3 is 0 Å². The Balaban J connectivity index is 1.90. The third-order valence-corrected chi connectivity index (χ3v) is 3.39. The number of likely N-dealkylation sites (tertiary alicyclic amines) is 1. The van der Waals surface area contributed by atoms with Gasteiger partial charge in [0, 0.05) is 12.6 Å². The summed E-state index contributed by atoms with van der Waals surface area (Å²) in [5.74, 6) is 0. The van der Waals surface area contributed by atoms with Crippen LogP contribution in [-0.4, -0.2) is 30.6 Å². The zero-order valence-corrected chi connectivity index (χ0v) is 9.95. The van der Waals surface area contributed by atoms with Crippen LogP contribution < -0.4 is 11.1 Å². The molecule has 2 rings (SSSR count). The number of hydrogen-bond donors (Lipinski definition) is 2. The first kappa shape index (κ1) is 11.3. The predicted molar refractivity (Wildman–Crippen MR) is 69.6 cm³/mol. The van der Waals surface area contributed by atoms with Crippen LogP contribution in [0.3, 0.4) is 0 Å². The van der Waals surface area contributed by atoms with Gasteiger partial charge in [0.25, 0.3) is 0 Å². The minimum Gasteiger partial charge on any atom is -0.397 e. The zero-order valence-electron chi connectivity index (χ0n) is 9.95. The van der Waals surface area contributed by atoms with Gasteiger partial charge in [-0.3, -0.25) is 4.90 Å². The van der Waals surface area contributed by atoms with Crippen molar-refractivity contribution in [1.82, 2.24) is 4.90 Å². The Labute approximate surface area is 97.6 Å². The summed E-state index contributed by atoms with van der Waals surface area (Å²) in [6, 6.07) is 8.64. The van der Waals surface area contributed by atoms with Crippen molar-refractivity contribution in [3.8, 4) is 0 Å². The van der Waals surface area contributed by atoms with E-state index in [1.807, 2.05) is 24.3 Å². The van der Waals surface area contributed by atoms with E-state index in [0.717, 1.165) is 24.5 Å². The Hall–Kier alpha value is -1.22. The van der Waals surface area contributed by atoms with E-state index in [-0.39, 0.29) is 0 Å². The normalized spacial score (nSPS) is 21.2. The number of nitrogen functional groups attached to an aromatic ring is 1. The molecule has 1 aliphatic rings. The molecule has 1 heterocycles. The first-order valence-corrected chi connectivity index (χ1v) is 6.13. The molecule has 3 heteroatoms. The lowest BCUT2D eigenvalue weighted by atomic mass is 10.2. The highest BCUT2D eigenvalue weighted by Gasteiger charge is 2.22. The first-order valence-electron chi connectivity index (χ1n) is 6.13. The molecule has 1 aromatic rings. The molecule has 3 nitrogen and oxygen atoms in total. The van der Waals surface area contributed by atoms with E-state index in [0.29, 0.717) is 6.04 Å². The molecule has 1 atom stereocenters. The third-order valence-electron chi connectivity index (χ3n) is 3.39. The van der Waals surface area contributed by atoms with Crippen molar-refractivity contribution in [2.45, 2.75) is 25.8 Å². The van der Waals surface area contributed by atoms with E-state index in [4.69, 9.17) is 5.73 Å². The average molecular weight is 219 g/mol. The van der Waals surface area contributed by atoms with Crippen LogP contribution in [0, 0.1) is 0 Å². The molecule has 3 N–H and O–H groups in total. The minimum absolute atomic E-state index is 0.671. The van der Waals surface area contributed by atoms with Crippen LogP contribution in [0.4, 0.5) is 11.4 Å². The maximum Gasteiger partial charge on any atom is 0.0574 e. The van der Waals surface area contributed by atoms with Crippen molar-refractivity contribution in [2.24, 2.45) is 0 Å². The lowest BCUT2D eigenvalue weighted by molar-refractivity contribution is 0.277. The maximum absolute atomic E-state index is 5.90. The Morgan fingerprint density at radius 3 is 3.00 bits per heavy atom. The molecule has 1 saturated heterocycles. The number of benzene rings is 1. The largest absolute Gasteiger partial charge is 0.397 e. The van der Waals surface area contributed by atoms with Crippen LogP contribution in [0.5, 0.6) is 0 Å². The highest BCUT2D eigenvalue weighted by Crippen LogP contribution is 2.20. The van der Waals surface area contributed by atoms with Crippen molar-refractivity contribution in [3.05, 3.63) is 24.3 Å². The second-order valence-corrected chi connectivity index (χ2v) is 4.39. The van der Waals surface area contributed by atoms with Gasteiger partial charge in [0.05, 0.1) is 11.4 Å². The van der Waals surface area contributed by atoms with E-state index in [9.17, 15) is 0 Å². The molecule has 0 saturated carbocycles. The Morgan fingerprint density at radius 2 is 2.25 bits per heavy atom. The Morgan fingerprint density at radius 1 is 1.44 bits per heavy atom. The molecule has 1 fully saturated rings. The number of hydrogen-bond acceptors (Lipinski definition) is 3. The lowest BCUT2D eigenvalue weighted by Crippen LogP contribution is -2.34. The van der Waals surface area contributed by atoms with E-state index >= 15 is 0 Å². The molecule has 1 unspecified atom stereocenters. The summed E-state index contributed by atoms with van der Waals surface area (Å²) in [7, 11) is 0. The lowest BCUT2D eigenvalue weighted by Gasteiger charge is -2.23. The summed E-state index contributed by atoms with van der Waals surface area (Å²) in [5.41, 5.74) is 7.79. The van der Waals surface area contributed by atoms with Gasteiger partial charge < -0.3 is 11.1 Å². The highest BCUT2D eigenvalue weighted by atomic mass is 15.2. The maximum atomic E-state index is 5.90. The van der Waals surface area contributed by atoms with Gasteiger partial charge in [-0.1, -0.05) is 19.1 Å². The van der Waals surface area contributed by atoms with Crippen LogP contribution in [0.25, 0.3) is 0 Å². The molecule has 16 heavy (non-hydrogen) atoms. The summed E-state index contributed by atoms with van der Waals surface area (Å²) < 4.78 is 0. The number of para-hydroxylation sites is 2. The fraction of sp³-hybridized carbons (Fsp3) is 0.538. The zero-order chi connectivity index (χ0) is 11.4. The minimum atomic E-state index is 0.671. The Bertz CT molecular complexity index is 338. The van der Waals surface area contributed by atoms with Crippen molar-refractivity contribution in [2.75, 3.05) is 30.7 Å². The SMILES string of the molecule is CCN1CCCC1CNc1ccccc1N. The standard InChI is InChI=1S/C13H21N3/c1-2-16-9-5-6-11(16)10-15-13-8-4-3-7-12(13)14/h3-4,7-8,11,15H,2,5-6,9-10,14H2,1H3. The van der Waals surface area contributed by atoms with E-state index in [1.165, 1.54) is 19.4 Å². The van der Waals surface area contributed by atoms with E-state index in [1.54, 1.807) is 0 Å². The Kier molecular flexibility index (Phi) is 3.67. The van der Waals surface area contributed by atoms with Gasteiger partial charge in [0.1, 0.15) is 0 Å². The summed E-state index contributed by atoms with van der Waals surface area (Å²) in [6.07, 6.45) is 2.62. The van der Waals surface area contributed by atoms with Crippen LogP contribution in [-0.2, 0) is 0 Å².